The first-order chi connectivity index (χ1) is 7.11. The average Bonchev–Trinajstić information content (AvgIpc) is 2.45. The molecule has 86 valence electrons. The lowest BCUT2D eigenvalue weighted by atomic mass is 10.2. The lowest BCUT2D eigenvalue weighted by molar-refractivity contribution is -0.304. The molecule has 1 aliphatic rings. The Balaban J connectivity index is 2.41. The van der Waals surface area contributed by atoms with Crippen molar-refractivity contribution in [2.24, 2.45) is 0 Å². The molecule has 0 unspecified atom stereocenters. The Morgan fingerprint density at radius 1 is 1.33 bits per heavy atom. The molecule has 0 spiro atoms. The van der Waals surface area contributed by atoms with Crippen LogP contribution in [0.2, 0.25) is 0 Å². The molecule has 0 aromatic rings. The van der Waals surface area contributed by atoms with Crippen LogP contribution < -0.4 is 5.11 Å². The van der Waals surface area contributed by atoms with Crippen molar-refractivity contribution in [2.45, 2.75) is 37.9 Å². The third-order valence-electron chi connectivity index (χ3n) is 2.47. The first-order valence-electron chi connectivity index (χ1n) is 5.27. The summed E-state index contributed by atoms with van der Waals surface area (Å²) in [5.41, 5.74) is 0. The Bertz CT molecular complexity index is 238. The lowest BCUT2D eigenvalue weighted by Crippen LogP contribution is -2.35. The van der Waals surface area contributed by atoms with Crippen molar-refractivity contribution in [3.8, 4) is 0 Å². The smallest absolute Gasteiger partial charge is 0.137 e. The number of aliphatic carboxylic acids is 1. The number of likely N-dealkylation sites (tertiary alicyclic amines) is 1. The zero-order valence-corrected chi connectivity index (χ0v) is 10.5. The minimum Gasteiger partial charge on any atom is -0.549 e. The van der Waals surface area contributed by atoms with Crippen LogP contribution in [0, 0.1) is 0 Å². The van der Waals surface area contributed by atoms with Crippen LogP contribution in [0.15, 0.2) is 0 Å². The molecular weight excluding hydrogens is 230 g/mol. The summed E-state index contributed by atoms with van der Waals surface area (Å²) in [6.07, 6.45) is 4.81. The molecular formula is C10H16NO2S2-. The van der Waals surface area contributed by atoms with Gasteiger partial charge in [0.1, 0.15) is 4.32 Å². The molecule has 1 heterocycles. The summed E-state index contributed by atoms with van der Waals surface area (Å²) >= 11 is 6.45. The molecule has 0 bridgehead atoms. The summed E-state index contributed by atoms with van der Waals surface area (Å²) in [6, 6.07) is 0. The fourth-order valence-electron chi connectivity index (χ4n) is 1.53. The van der Waals surface area contributed by atoms with Crippen LogP contribution in [0.5, 0.6) is 0 Å². The van der Waals surface area contributed by atoms with Gasteiger partial charge in [-0.25, -0.2) is 0 Å². The molecule has 0 N–H and O–H groups in total. The van der Waals surface area contributed by atoms with Crippen LogP contribution in [-0.2, 0) is 4.79 Å². The number of hydrogen-bond donors (Lipinski definition) is 0. The highest BCUT2D eigenvalue weighted by atomic mass is 32.2. The van der Waals surface area contributed by atoms with E-state index in [1.807, 2.05) is 0 Å². The Morgan fingerprint density at radius 3 is 2.33 bits per heavy atom. The van der Waals surface area contributed by atoms with Gasteiger partial charge in [0.2, 0.25) is 0 Å². The van der Waals surface area contributed by atoms with Gasteiger partial charge in [0, 0.05) is 18.3 Å². The van der Waals surface area contributed by atoms with Crippen molar-refractivity contribution in [1.29, 1.82) is 0 Å². The van der Waals surface area contributed by atoms with Gasteiger partial charge < -0.3 is 14.8 Å². The summed E-state index contributed by atoms with van der Waals surface area (Å²) in [6.45, 7) is 3.54. The van der Waals surface area contributed by atoms with Crippen LogP contribution >= 0.6 is 24.0 Å². The van der Waals surface area contributed by atoms with Gasteiger partial charge in [-0.15, -0.1) is 0 Å². The van der Waals surface area contributed by atoms with Crippen molar-refractivity contribution in [3.05, 3.63) is 0 Å². The van der Waals surface area contributed by atoms with E-state index in [4.69, 9.17) is 12.2 Å². The van der Waals surface area contributed by atoms with Crippen LogP contribution in [0.25, 0.3) is 0 Å². The van der Waals surface area contributed by atoms with E-state index in [2.05, 4.69) is 4.90 Å². The van der Waals surface area contributed by atoms with E-state index < -0.39 is 11.2 Å². The molecule has 1 rings (SSSR count). The average molecular weight is 246 g/mol. The Kier molecular flexibility index (Phi) is 5.39. The number of carboxylic acids is 1. The summed E-state index contributed by atoms with van der Waals surface area (Å²) in [4.78, 5) is 12.7. The summed E-state index contributed by atoms with van der Waals surface area (Å²) < 4.78 is 0.702. The highest BCUT2D eigenvalue weighted by molar-refractivity contribution is 8.23. The first kappa shape index (κ1) is 12.8. The molecule has 15 heavy (non-hydrogen) atoms. The number of carbonyl (C=O) groups is 1. The molecule has 0 saturated carbocycles. The number of thiocarbonyl (C=S) groups is 1. The number of carbonyl (C=O) groups excluding carboxylic acids is 1. The number of hydrogen-bond acceptors (Lipinski definition) is 4. The zero-order valence-electron chi connectivity index (χ0n) is 8.90. The van der Waals surface area contributed by atoms with E-state index in [-0.39, 0.29) is 0 Å². The molecule has 0 amide bonds. The number of rotatable bonds is 2. The van der Waals surface area contributed by atoms with Gasteiger partial charge in [0.15, 0.2) is 0 Å². The Labute approximate surface area is 100 Å². The van der Waals surface area contributed by atoms with E-state index in [0.717, 1.165) is 25.9 Å². The van der Waals surface area contributed by atoms with Crippen LogP contribution in [-0.4, -0.2) is 33.5 Å². The maximum absolute atomic E-state index is 10.6. The summed E-state index contributed by atoms with van der Waals surface area (Å²) in [5, 5.41) is 10.0. The second-order valence-electron chi connectivity index (χ2n) is 3.75. The van der Waals surface area contributed by atoms with Crippen molar-refractivity contribution in [3.63, 3.8) is 0 Å². The standard InChI is InChI=1S/C10H17NO2S2/c1-8(9(12)13)15-10(14)11-6-4-2-3-5-7-11/h8H,2-7H2,1H3,(H,12,13)/p-1/t8-/m1/s1. The predicted octanol–water partition coefficient (Wildman–Crippen LogP) is 1.02. The minimum atomic E-state index is -1.04. The largest absolute Gasteiger partial charge is 0.549 e. The molecule has 3 nitrogen and oxygen atoms in total. The first-order valence-corrected chi connectivity index (χ1v) is 6.56. The molecule has 0 aromatic heterocycles. The van der Waals surface area contributed by atoms with Crippen LogP contribution in [0.3, 0.4) is 0 Å². The highest BCUT2D eigenvalue weighted by Crippen LogP contribution is 2.19. The second kappa shape index (κ2) is 6.33. The predicted molar refractivity (Wildman–Crippen MR) is 64.7 cm³/mol. The molecule has 1 fully saturated rings. The van der Waals surface area contributed by atoms with Gasteiger partial charge in [-0.3, -0.25) is 0 Å². The van der Waals surface area contributed by atoms with Crippen molar-refractivity contribution in [1.82, 2.24) is 4.90 Å². The van der Waals surface area contributed by atoms with E-state index in [1.54, 1.807) is 6.92 Å². The Morgan fingerprint density at radius 2 is 1.87 bits per heavy atom. The van der Waals surface area contributed by atoms with Crippen molar-refractivity contribution in [2.75, 3.05) is 13.1 Å². The SMILES string of the molecule is C[C@@H](SC(=S)N1CCCCCC1)C(=O)[O-]. The number of nitrogens with zero attached hydrogens (tertiary/aromatic N) is 1. The molecule has 5 heteroatoms. The van der Waals surface area contributed by atoms with Crippen molar-refractivity contribution >= 4 is 34.3 Å². The van der Waals surface area contributed by atoms with E-state index in [1.165, 1.54) is 24.6 Å². The minimum absolute atomic E-state index is 0.555. The van der Waals surface area contributed by atoms with E-state index in [9.17, 15) is 9.90 Å². The fraction of sp³-hybridized carbons (Fsp3) is 0.800. The van der Waals surface area contributed by atoms with Gasteiger partial charge in [-0.1, -0.05) is 36.8 Å². The van der Waals surface area contributed by atoms with Gasteiger partial charge in [-0.2, -0.15) is 0 Å². The number of carboxylic acid groups (broad SMARTS) is 1. The van der Waals surface area contributed by atoms with E-state index >= 15 is 0 Å². The molecule has 0 aliphatic carbocycles. The third-order valence-corrected chi connectivity index (χ3v) is 4.03. The van der Waals surface area contributed by atoms with Crippen LogP contribution in [0.4, 0.5) is 0 Å². The zero-order chi connectivity index (χ0) is 11.3. The Hall–Kier alpha value is -0.290. The highest BCUT2D eigenvalue weighted by Gasteiger charge is 2.15. The molecule has 1 aliphatic heterocycles. The lowest BCUT2D eigenvalue weighted by Gasteiger charge is -2.24. The van der Waals surface area contributed by atoms with Gasteiger partial charge in [-0.05, 0) is 19.8 Å². The van der Waals surface area contributed by atoms with Gasteiger partial charge >= 0.3 is 0 Å². The summed E-state index contributed by atoms with van der Waals surface area (Å²) in [5.74, 6) is -1.04. The van der Waals surface area contributed by atoms with Gasteiger partial charge in [0.25, 0.3) is 0 Å². The second-order valence-corrected chi connectivity index (χ2v) is 5.72. The molecule has 1 atom stereocenters. The third kappa shape index (κ3) is 4.38. The van der Waals surface area contributed by atoms with Gasteiger partial charge in [0.05, 0.1) is 5.97 Å². The topological polar surface area (TPSA) is 43.4 Å². The van der Waals surface area contributed by atoms with Crippen molar-refractivity contribution < 1.29 is 9.90 Å². The van der Waals surface area contributed by atoms with E-state index in [0.29, 0.717) is 4.32 Å². The summed E-state index contributed by atoms with van der Waals surface area (Å²) in [7, 11) is 0. The normalized spacial score (nSPS) is 19.4. The monoisotopic (exact) mass is 246 g/mol. The maximum atomic E-state index is 10.6. The van der Waals surface area contributed by atoms with Crippen LogP contribution in [0.1, 0.15) is 32.6 Å². The quantitative estimate of drug-likeness (QED) is 0.681. The maximum Gasteiger partial charge on any atom is 0.137 e. The molecule has 0 radical (unpaired) electrons. The fourth-order valence-corrected chi connectivity index (χ4v) is 2.87. The molecule has 1 saturated heterocycles. The number of thioether (sulfide) groups is 1. The molecule has 0 aromatic carbocycles.